The maximum absolute atomic E-state index is 13.1. The minimum Gasteiger partial charge on any atom is -0.467 e. The first-order valence-corrected chi connectivity index (χ1v) is 4.49. The highest BCUT2D eigenvalue weighted by Crippen LogP contribution is 2.24. The molecule has 82 valence electrons. The number of methoxy groups -OCH3 is 1. The Balaban J connectivity index is 3.14. The summed E-state index contributed by atoms with van der Waals surface area (Å²) < 4.78 is 22.9. The topological polar surface area (TPSA) is 35.5 Å². The van der Waals surface area contributed by atoms with Crippen molar-refractivity contribution in [2.75, 3.05) is 13.9 Å². The van der Waals surface area contributed by atoms with Crippen molar-refractivity contribution in [1.29, 1.82) is 0 Å². The van der Waals surface area contributed by atoms with Gasteiger partial charge in [0, 0.05) is 13.2 Å². The molecule has 0 N–H and O–H groups in total. The maximum atomic E-state index is 13.1. The van der Waals surface area contributed by atoms with Crippen molar-refractivity contribution in [3.63, 3.8) is 0 Å². The normalized spacial score (nSPS) is 10.1. The molecule has 0 atom stereocenters. The molecule has 15 heavy (non-hydrogen) atoms. The van der Waals surface area contributed by atoms with Crippen LogP contribution in [0.25, 0.3) is 0 Å². The van der Waals surface area contributed by atoms with Gasteiger partial charge in [0.1, 0.15) is 11.6 Å². The van der Waals surface area contributed by atoms with E-state index in [1.54, 1.807) is 6.92 Å². The number of Topliss-reactive ketones (excluding diaryl/α,β-unsaturated/α-hetero) is 1. The van der Waals surface area contributed by atoms with Crippen LogP contribution in [0.1, 0.15) is 22.8 Å². The van der Waals surface area contributed by atoms with Crippen molar-refractivity contribution in [3.8, 4) is 5.75 Å². The van der Waals surface area contributed by atoms with Gasteiger partial charge in [-0.2, -0.15) is 0 Å². The lowest BCUT2D eigenvalue weighted by atomic mass is 10.0. The molecule has 0 heterocycles. The first-order chi connectivity index (χ1) is 7.06. The van der Waals surface area contributed by atoms with Gasteiger partial charge in [0.25, 0.3) is 0 Å². The van der Waals surface area contributed by atoms with Gasteiger partial charge in [0.15, 0.2) is 12.6 Å². The molecule has 1 aromatic carbocycles. The minimum atomic E-state index is -0.427. The summed E-state index contributed by atoms with van der Waals surface area (Å²) in [5.74, 6) is -0.357. The number of hydrogen-bond donors (Lipinski definition) is 0. The number of carbonyl (C=O) groups excluding carboxylic acids is 1. The Kier molecular flexibility index (Phi) is 3.80. The highest BCUT2D eigenvalue weighted by molar-refractivity contribution is 5.98. The van der Waals surface area contributed by atoms with E-state index in [0.29, 0.717) is 11.1 Å². The lowest BCUT2D eigenvalue weighted by Gasteiger charge is -2.11. The molecular weight excluding hydrogens is 199 g/mol. The molecule has 0 bridgehead atoms. The third-order valence-electron chi connectivity index (χ3n) is 1.95. The van der Waals surface area contributed by atoms with Gasteiger partial charge in [-0.05, 0) is 25.5 Å². The Morgan fingerprint density at radius 1 is 1.47 bits per heavy atom. The van der Waals surface area contributed by atoms with Crippen molar-refractivity contribution < 1.29 is 18.7 Å². The molecule has 0 aliphatic rings. The van der Waals surface area contributed by atoms with Crippen LogP contribution in [0.3, 0.4) is 0 Å². The number of ether oxygens (including phenoxy) is 2. The van der Waals surface area contributed by atoms with E-state index in [1.165, 1.54) is 26.2 Å². The first-order valence-electron chi connectivity index (χ1n) is 4.49. The number of halogens is 1. The summed E-state index contributed by atoms with van der Waals surface area (Å²) in [6.07, 6.45) is 0. The molecule has 0 saturated carbocycles. The fourth-order valence-corrected chi connectivity index (χ4v) is 1.40. The van der Waals surface area contributed by atoms with Gasteiger partial charge in [-0.3, -0.25) is 4.79 Å². The Hall–Kier alpha value is -1.42. The lowest BCUT2D eigenvalue weighted by molar-refractivity contribution is 0.0500. The predicted octanol–water partition coefficient (Wildman–Crippen LogP) is 2.32. The molecule has 0 aliphatic carbocycles. The molecule has 0 radical (unpaired) electrons. The zero-order valence-electron chi connectivity index (χ0n) is 8.96. The van der Waals surface area contributed by atoms with Crippen molar-refractivity contribution in [3.05, 3.63) is 29.1 Å². The van der Waals surface area contributed by atoms with Crippen molar-refractivity contribution in [2.45, 2.75) is 13.8 Å². The van der Waals surface area contributed by atoms with E-state index in [9.17, 15) is 9.18 Å². The molecule has 0 amide bonds. The number of benzene rings is 1. The molecule has 4 heteroatoms. The molecule has 0 spiro atoms. The largest absolute Gasteiger partial charge is 0.467 e. The Morgan fingerprint density at radius 2 is 2.13 bits per heavy atom. The molecule has 3 nitrogen and oxygen atoms in total. The van der Waals surface area contributed by atoms with Crippen LogP contribution in [-0.2, 0) is 4.74 Å². The molecular formula is C11H13FO3. The fourth-order valence-electron chi connectivity index (χ4n) is 1.40. The highest BCUT2D eigenvalue weighted by atomic mass is 19.1. The molecule has 0 aromatic heterocycles. The summed E-state index contributed by atoms with van der Waals surface area (Å²) in [4.78, 5) is 11.3. The molecule has 1 rings (SSSR count). The number of ketones is 1. The Morgan fingerprint density at radius 3 is 2.67 bits per heavy atom. The van der Waals surface area contributed by atoms with Crippen LogP contribution >= 0.6 is 0 Å². The maximum Gasteiger partial charge on any atom is 0.188 e. The number of hydrogen-bond acceptors (Lipinski definition) is 3. The molecule has 1 aromatic rings. The quantitative estimate of drug-likeness (QED) is 0.567. The van der Waals surface area contributed by atoms with Gasteiger partial charge in [-0.25, -0.2) is 4.39 Å². The van der Waals surface area contributed by atoms with Gasteiger partial charge in [-0.15, -0.1) is 0 Å². The van der Waals surface area contributed by atoms with E-state index in [-0.39, 0.29) is 18.3 Å². The Bertz CT molecular complexity index is 374. The monoisotopic (exact) mass is 212 g/mol. The van der Waals surface area contributed by atoms with Crippen LogP contribution < -0.4 is 4.74 Å². The van der Waals surface area contributed by atoms with E-state index in [4.69, 9.17) is 9.47 Å². The second-order valence-electron chi connectivity index (χ2n) is 3.20. The van der Waals surface area contributed by atoms with E-state index in [0.717, 1.165) is 0 Å². The van der Waals surface area contributed by atoms with Gasteiger partial charge in [0.2, 0.25) is 0 Å². The van der Waals surface area contributed by atoms with Crippen molar-refractivity contribution in [1.82, 2.24) is 0 Å². The minimum absolute atomic E-state index is 0.0107. The van der Waals surface area contributed by atoms with Crippen LogP contribution in [0.15, 0.2) is 12.1 Å². The average Bonchev–Trinajstić information content (AvgIpc) is 2.12. The summed E-state index contributed by atoms with van der Waals surface area (Å²) in [6, 6.07) is 2.49. The molecule has 0 fully saturated rings. The molecule has 0 unspecified atom stereocenters. The van der Waals surface area contributed by atoms with E-state index >= 15 is 0 Å². The molecule has 0 saturated heterocycles. The van der Waals surface area contributed by atoms with Crippen molar-refractivity contribution in [2.24, 2.45) is 0 Å². The third kappa shape index (κ3) is 2.76. The van der Waals surface area contributed by atoms with Crippen LogP contribution in [0.4, 0.5) is 4.39 Å². The SMILES string of the molecule is COCOc1cc(F)cc(C)c1C(C)=O. The molecule has 0 aliphatic heterocycles. The van der Waals surface area contributed by atoms with Crippen LogP contribution in [0.2, 0.25) is 0 Å². The van der Waals surface area contributed by atoms with Gasteiger partial charge in [0.05, 0.1) is 5.56 Å². The zero-order chi connectivity index (χ0) is 11.4. The van der Waals surface area contributed by atoms with Crippen LogP contribution in [0, 0.1) is 12.7 Å². The summed E-state index contributed by atoms with van der Waals surface area (Å²) in [7, 11) is 1.46. The number of rotatable bonds is 4. The summed E-state index contributed by atoms with van der Waals surface area (Å²) >= 11 is 0. The van der Waals surface area contributed by atoms with E-state index < -0.39 is 5.82 Å². The summed E-state index contributed by atoms with van der Waals surface area (Å²) in [5.41, 5.74) is 0.960. The zero-order valence-corrected chi connectivity index (χ0v) is 8.96. The smallest absolute Gasteiger partial charge is 0.188 e. The fraction of sp³-hybridized carbons (Fsp3) is 0.364. The van der Waals surface area contributed by atoms with Crippen molar-refractivity contribution >= 4 is 5.78 Å². The Labute approximate surface area is 87.8 Å². The second kappa shape index (κ2) is 4.89. The highest BCUT2D eigenvalue weighted by Gasteiger charge is 2.13. The van der Waals surface area contributed by atoms with Crippen LogP contribution in [0.5, 0.6) is 5.75 Å². The van der Waals surface area contributed by atoms with Gasteiger partial charge in [-0.1, -0.05) is 0 Å². The van der Waals surface area contributed by atoms with Gasteiger partial charge < -0.3 is 9.47 Å². The third-order valence-corrected chi connectivity index (χ3v) is 1.95. The standard InChI is InChI=1S/C11H13FO3/c1-7-4-9(12)5-10(15-6-14-3)11(7)8(2)13/h4-5H,6H2,1-3H3. The van der Waals surface area contributed by atoms with Gasteiger partial charge >= 0.3 is 0 Å². The average molecular weight is 212 g/mol. The summed E-state index contributed by atoms with van der Waals surface area (Å²) in [6.45, 7) is 3.07. The number of carbonyl (C=O) groups is 1. The first kappa shape index (κ1) is 11.7. The number of aryl methyl sites for hydroxylation is 1. The predicted molar refractivity (Wildman–Crippen MR) is 53.6 cm³/mol. The second-order valence-corrected chi connectivity index (χ2v) is 3.20. The van der Waals surface area contributed by atoms with E-state index in [2.05, 4.69) is 0 Å². The van der Waals surface area contributed by atoms with Crippen LogP contribution in [-0.4, -0.2) is 19.7 Å². The van der Waals surface area contributed by atoms with E-state index in [1.807, 2.05) is 0 Å². The lowest BCUT2D eigenvalue weighted by Crippen LogP contribution is -2.06. The summed E-state index contributed by atoms with van der Waals surface area (Å²) in [5, 5.41) is 0.